The fourth-order valence-corrected chi connectivity index (χ4v) is 4.29. The predicted molar refractivity (Wildman–Crippen MR) is 106 cm³/mol. The molecule has 4 rings (SSSR count). The van der Waals surface area contributed by atoms with Crippen LogP contribution in [0.3, 0.4) is 0 Å². The first-order valence-corrected chi connectivity index (χ1v) is 9.57. The van der Waals surface area contributed by atoms with Gasteiger partial charge in [-0.05, 0) is 35.7 Å². The molecule has 6 nitrogen and oxygen atoms in total. The van der Waals surface area contributed by atoms with E-state index in [0.29, 0.717) is 23.7 Å². The minimum Gasteiger partial charge on any atom is -0.497 e. The van der Waals surface area contributed by atoms with Crippen molar-refractivity contribution in [2.75, 3.05) is 26.1 Å². The fraction of sp³-hybridized carbons (Fsp3) is 0.250. The zero-order valence-electron chi connectivity index (χ0n) is 15.2. The number of thiophene rings is 1. The number of hydrogen-bond acceptors (Lipinski definition) is 4. The minimum absolute atomic E-state index is 0.0991. The van der Waals surface area contributed by atoms with Gasteiger partial charge in [0.2, 0.25) is 0 Å². The largest absolute Gasteiger partial charge is 0.497 e. The van der Waals surface area contributed by atoms with Crippen LogP contribution in [0.25, 0.3) is 0 Å². The summed E-state index contributed by atoms with van der Waals surface area (Å²) in [6.45, 7) is 1.41. The normalized spacial score (nSPS) is 15.9. The molecule has 1 atom stereocenters. The van der Waals surface area contributed by atoms with Crippen LogP contribution in [0.2, 0.25) is 0 Å². The third-order valence-corrected chi connectivity index (χ3v) is 5.69. The number of ether oxygens (including phenoxy) is 2. The Morgan fingerprint density at radius 2 is 2.04 bits per heavy atom. The number of anilines is 1. The van der Waals surface area contributed by atoms with Crippen molar-refractivity contribution in [1.82, 2.24) is 9.47 Å². The van der Waals surface area contributed by atoms with E-state index in [1.54, 1.807) is 43.8 Å². The molecule has 2 amide bonds. The molecule has 140 valence electrons. The average molecular weight is 383 g/mol. The Morgan fingerprint density at radius 3 is 2.78 bits per heavy atom. The van der Waals surface area contributed by atoms with Gasteiger partial charge >= 0.3 is 6.03 Å². The van der Waals surface area contributed by atoms with Crippen LogP contribution in [0.15, 0.2) is 54.0 Å². The molecular weight excluding hydrogens is 362 g/mol. The summed E-state index contributed by atoms with van der Waals surface area (Å²) < 4.78 is 12.8. The molecule has 7 heteroatoms. The minimum atomic E-state index is -0.149. The Morgan fingerprint density at radius 1 is 1.15 bits per heavy atom. The number of carbonyl (C=O) groups excluding carboxylic acids is 1. The molecule has 2 aromatic heterocycles. The molecule has 1 aliphatic rings. The van der Waals surface area contributed by atoms with E-state index in [1.165, 1.54) is 0 Å². The lowest BCUT2D eigenvalue weighted by molar-refractivity contribution is 0.183. The first-order chi connectivity index (χ1) is 13.2. The average Bonchev–Trinajstić information content (AvgIpc) is 3.39. The van der Waals surface area contributed by atoms with Crippen molar-refractivity contribution in [2.24, 2.45) is 0 Å². The summed E-state index contributed by atoms with van der Waals surface area (Å²) in [5, 5.41) is 5.04. The van der Waals surface area contributed by atoms with E-state index in [1.807, 2.05) is 22.4 Å². The number of benzene rings is 1. The quantitative estimate of drug-likeness (QED) is 0.734. The highest BCUT2D eigenvalue weighted by Gasteiger charge is 2.33. The Balaban J connectivity index is 1.63. The summed E-state index contributed by atoms with van der Waals surface area (Å²) in [7, 11) is 3.17. The smallest absolute Gasteiger partial charge is 0.322 e. The number of rotatable bonds is 4. The van der Waals surface area contributed by atoms with Crippen LogP contribution < -0.4 is 14.8 Å². The molecule has 1 aromatic carbocycles. The number of methoxy groups -OCH3 is 2. The van der Waals surface area contributed by atoms with Gasteiger partial charge in [0.25, 0.3) is 0 Å². The van der Waals surface area contributed by atoms with Gasteiger partial charge in [0.1, 0.15) is 17.5 Å². The highest BCUT2D eigenvalue weighted by atomic mass is 32.1. The van der Waals surface area contributed by atoms with E-state index in [4.69, 9.17) is 9.47 Å². The maximum atomic E-state index is 13.2. The highest BCUT2D eigenvalue weighted by molar-refractivity contribution is 7.10. The number of amides is 2. The second-order valence-corrected chi connectivity index (χ2v) is 7.21. The SMILES string of the molecule is COc1ccc(NC(=O)N2CCn3cccc3[C@@H]2c2cccs2)c(OC)c1. The Kier molecular flexibility index (Phi) is 4.77. The number of nitrogens with one attached hydrogen (secondary N) is 1. The number of aromatic nitrogens is 1. The van der Waals surface area contributed by atoms with Crippen molar-refractivity contribution in [1.29, 1.82) is 0 Å². The second-order valence-electron chi connectivity index (χ2n) is 6.23. The first-order valence-electron chi connectivity index (χ1n) is 8.69. The van der Waals surface area contributed by atoms with Crippen molar-refractivity contribution in [3.05, 3.63) is 64.6 Å². The Bertz CT molecular complexity index is 936. The maximum Gasteiger partial charge on any atom is 0.322 e. The summed E-state index contributed by atoms with van der Waals surface area (Å²) in [4.78, 5) is 16.2. The van der Waals surface area contributed by atoms with Crippen LogP contribution in [0.1, 0.15) is 16.6 Å². The summed E-state index contributed by atoms with van der Waals surface area (Å²) in [6.07, 6.45) is 2.07. The van der Waals surface area contributed by atoms with Crippen molar-refractivity contribution >= 4 is 23.1 Å². The molecule has 3 aromatic rings. The molecule has 0 saturated heterocycles. The van der Waals surface area contributed by atoms with Gasteiger partial charge in [0.05, 0.1) is 19.9 Å². The molecule has 0 fully saturated rings. The molecule has 0 radical (unpaired) electrons. The van der Waals surface area contributed by atoms with E-state index in [-0.39, 0.29) is 12.1 Å². The van der Waals surface area contributed by atoms with Gasteiger partial charge in [-0.3, -0.25) is 0 Å². The van der Waals surface area contributed by atoms with Crippen LogP contribution in [0, 0.1) is 0 Å². The van der Waals surface area contributed by atoms with Crippen LogP contribution in [-0.2, 0) is 6.54 Å². The zero-order chi connectivity index (χ0) is 18.8. The molecule has 27 heavy (non-hydrogen) atoms. The van der Waals surface area contributed by atoms with E-state index >= 15 is 0 Å². The third kappa shape index (κ3) is 3.26. The van der Waals surface area contributed by atoms with Crippen molar-refractivity contribution in [3.8, 4) is 11.5 Å². The van der Waals surface area contributed by atoms with Gasteiger partial charge in [0, 0.05) is 35.9 Å². The van der Waals surface area contributed by atoms with Gasteiger partial charge < -0.3 is 24.3 Å². The molecule has 0 unspecified atom stereocenters. The molecule has 0 saturated carbocycles. The van der Waals surface area contributed by atoms with E-state index in [2.05, 4.69) is 28.2 Å². The number of fused-ring (bicyclic) bond motifs is 1. The maximum absolute atomic E-state index is 13.2. The number of carbonyl (C=O) groups is 1. The third-order valence-electron chi connectivity index (χ3n) is 4.76. The Labute approximate surface area is 161 Å². The Hall–Kier alpha value is -2.93. The second kappa shape index (κ2) is 7.36. The van der Waals surface area contributed by atoms with Crippen molar-refractivity contribution in [2.45, 2.75) is 12.6 Å². The van der Waals surface area contributed by atoms with Gasteiger partial charge in [-0.2, -0.15) is 0 Å². The first kappa shape index (κ1) is 17.5. The lowest BCUT2D eigenvalue weighted by Gasteiger charge is -2.36. The molecule has 0 bridgehead atoms. The standard InChI is InChI=1S/C20H21N3O3S/c1-25-14-7-8-15(17(13-14)26-2)21-20(24)23-11-10-22-9-3-5-16(22)19(23)18-6-4-12-27-18/h3-9,12-13,19H,10-11H2,1-2H3,(H,21,24)/t19-/m1/s1. The molecular formula is C20H21N3O3S. The molecule has 0 aliphatic carbocycles. The van der Waals surface area contributed by atoms with Gasteiger partial charge in [-0.25, -0.2) is 4.79 Å². The molecule has 0 spiro atoms. The summed E-state index contributed by atoms with van der Waals surface area (Å²) in [5.41, 5.74) is 1.75. The highest BCUT2D eigenvalue weighted by Crippen LogP contribution is 2.36. The van der Waals surface area contributed by atoms with Crippen LogP contribution in [0.4, 0.5) is 10.5 Å². The van der Waals surface area contributed by atoms with E-state index in [9.17, 15) is 4.79 Å². The lowest BCUT2D eigenvalue weighted by Crippen LogP contribution is -2.44. The molecule has 1 N–H and O–H groups in total. The van der Waals surface area contributed by atoms with Gasteiger partial charge in [-0.15, -0.1) is 11.3 Å². The van der Waals surface area contributed by atoms with Crippen LogP contribution >= 0.6 is 11.3 Å². The van der Waals surface area contributed by atoms with E-state index in [0.717, 1.165) is 17.1 Å². The number of hydrogen-bond donors (Lipinski definition) is 1. The van der Waals surface area contributed by atoms with E-state index < -0.39 is 0 Å². The molecule has 1 aliphatic heterocycles. The molecule has 3 heterocycles. The van der Waals surface area contributed by atoms with Gasteiger partial charge in [0.15, 0.2) is 0 Å². The van der Waals surface area contributed by atoms with Crippen molar-refractivity contribution < 1.29 is 14.3 Å². The number of urea groups is 1. The lowest BCUT2D eigenvalue weighted by atomic mass is 10.1. The van der Waals surface area contributed by atoms with Gasteiger partial charge in [-0.1, -0.05) is 6.07 Å². The van der Waals surface area contributed by atoms with Crippen LogP contribution in [0.5, 0.6) is 11.5 Å². The van der Waals surface area contributed by atoms with Crippen molar-refractivity contribution in [3.63, 3.8) is 0 Å². The summed E-state index contributed by atoms with van der Waals surface area (Å²) in [5.74, 6) is 1.24. The predicted octanol–water partition coefficient (Wildman–Crippen LogP) is 4.20. The summed E-state index contributed by atoms with van der Waals surface area (Å²) >= 11 is 1.66. The summed E-state index contributed by atoms with van der Waals surface area (Å²) in [6, 6.07) is 13.3. The zero-order valence-corrected chi connectivity index (χ0v) is 16.0. The number of nitrogens with zero attached hydrogens (tertiary/aromatic N) is 2. The van der Waals surface area contributed by atoms with Crippen LogP contribution in [-0.4, -0.2) is 36.3 Å². The topological polar surface area (TPSA) is 55.7 Å². The fourth-order valence-electron chi connectivity index (χ4n) is 3.44. The monoisotopic (exact) mass is 383 g/mol.